The summed E-state index contributed by atoms with van der Waals surface area (Å²) in [6, 6.07) is 11.9. The van der Waals surface area contributed by atoms with Crippen LogP contribution in [-0.4, -0.2) is 175 Å². The van der Waals surface area contributed by atoms with E-state index in [1.165, 1.54) is 94.0 Å². The number of hydrogen-bond donors (Lipinski definition) is 4. The summed E-state index contributed by atoms with van der Waals surface area (Å²) in [7, 11) is 4.35. The zero-order chi connectivity index (χ0) is 66.7. The second-order valence-electron chi connectivity index (χ2n) is 24.7. The van der Waals surface area contributed by atoms with Crippen LogP contribution in [0.3, 0.4) is 0 Å². The van der Waals surface area contributed by atoms with Gasteiger partial charge in [-0.15, -0.1) is 0 Å². The molecule has 4 N–H and O–H groups in total. The monoisotopic (exact) mass is 1320 g/mol. The third kappa shape index (κ3) is 12.4. The normalized spacial score (nSPS) is 17.9. The average molecular weight is 1320 g/mol. The summed E-state index contributed by atoms with van der Waals surface area (Å²) < 4.78 is 138. The van der Waals surface area contributed by atoms with Crippen molar-refractivity contribution in [1.29, 1.82) is 0 Å². The lowest BCUT2D eigenvalue weighted by molar-refractivity contribution is -0.139. The average Bonchev–Trinajstić information content (AvgIpc) is 1.54. The largest absolute Gasteiger partial charge is 0.418 e. The van der Waals surface area contributed by atoms with Crippen molar-refractivity contribution < 1.29 is 68.3 Å². The van der Waals surface area contributed by atoms with E-state index >= 15 is 26.3 Å². The number of aromatic amines is 1. The van der Waals surface area contributed by atoms with Gasteiger partial charge in [0.2, 0.25) is 0 Å². The maximum atomic E-state index is 15.9. The van der Waals surface area contributed by atoms with Crippen LogP contribution < -0.4 is 16.0 Å². The number of hydrogen-bond acceptors (Lipinski definition) is 9. The Balaban J connectivity index is 0.789. The van der Waals surface area contributed by atoms with Crippen LogP contribution in [0.1, 0.15) is 161 Å². The Morgan fingerprint density at radius 3 is 1.52 bits per heavy atom. The second-order valence-corrected chi connectivity index (χ2v) is 24.7. The molecule has 0 spiro atoms. The number of aryl methyl sites for hydroxylation is 1. The lowest BCUT2D eigenvalue weighted by Crippen LogP contribution is -2.42. The molecule has 0 unspecified atom stereocenters. The van der Waals surface area contributed by atoms with Crippen molar-refractivity contribution in [3.63, 3.8) is 0 Å². The quantitative estimate of drug-likeness (QED) is 0.106. The molecule has 9 heterocycles. The minimum Gasteiger partial charge on any atom is -0.341 e. The third-order valence-corrected chi connectivity index (χ3v) is 19.5. The number of carbonyl (C=O) groups excluding carboxylic acids is 6. The van der Waals surface area contributed by atoms with E-state index in [2.05, 4.69) is 31.2 Å². The molecular formula is C64H70F9N15O6. The highest BCUT2D eigenvalue weighted by Crippen LogP contribution is 2.46. The topological polar surface area (TPSA) is 222 Å². The van der Waals surface area contributed by atoms with Gasteiger partial charge in [0.05, 0.1) is 59.1 Å². The number of fused-ring (bicyclic) bond motifs is 3. The van der Waals surface area contributed by atoms with Gasteiger partial charge < -0.3 is 45.3 Å². The first kappa shape index (κ1) is 65.0. The molecule has 9 amide bonds. The Morgan fingerprint density at radius 2 is 0.947 bits per heavy atom. The van der Waals surface area contributed by atoms with E-state index in [4.69, 9.17) is 5.10 Å². The van der Waals surface area contributed by atoms with Crippen molar-refractivity contribution in [2.75, 3.05) is 80.0 Å². The molecule has 0 aliphatic carbocycles. The number of nitrogens with one attached hydrogen (secondary N) is 4. The van der Waals surface area contributed by atoms with Gasteiger partial charge in [-0.1, -0.05) is 36.4 Å². The molecule has 21 nitrogen and oxygen atoms in total. The number of alkyl halides is 9. The number of urea groups is 3. The number of amides is 9. The summed E-state index contributed by atoms with van der Waals surface area (Å²) in [4.78, 5) is 90.9. The Hall–Kier alpha value is -9.12. The van der Waals surface area contributed by atoms with Gasteiger partial charge in [-0.05, 0) is 116 Å². The number of carbonyl (C=O) groups is 6. The molecule has 0 atom stereocenters. The van der Waals surface area contributed by atoms with Crippen LogP contribution in [0.2, 0.25) is 0 Å². The molecule has 3 aromatic carbocycles. The molecule has 3 aromatic heterocycles. The Morgan fingerprint density at radius 1 is 0.457 bits per heavy atom. The van der Waals surface area contributed by atoms with E-state index in [9.17, 15) is 41.9 Å². The first-order valence-corrected chi connectivity index (χ1v) is 31.5. The first-order chi connectivity index (χ1) is 44.9. The van der Waals surface area contributed by atoms with Crippen molar-refractivity contribution in [3.8, 4) is 11.4 Å². The number of benzene rings is 3. The summed E-state index contributed by atoms with van der Waals surface area (Å²) in [6.45, 7) is 0.757. The number of halogens is 9. The predicted molar refractivity (Wildman–Crippen MR) is 321 cm³/mol. The highest BCUT2D eigenvalue weighted by atomic mass is 19.4. The number of rotatable bonds is 8. The molecule has 500 valence electrons. The van der Waals surface area contributed by atoms with Gasteiger partial charge in [-0.2, -0.15) is 54.8 Å². The summed E-state index contributed by atoms with van der Waals surface area (Å²) >= 11 is 0. The highest BCUT2D eigenvalue weighted by molar-refractivity contribution is 5.96. The van der Waals surface area contributed by atoms with Crippen LogP contribution in [0, 0.1) is 0 Å². The first-order valence-electron chi connectivity index (χ1n) is 31.5. The van der Waals surface area contributed by atoms with Gasteiger partial charge in [-0.25, -0.2) is 23.7 Å². The molecular weight excluding hydrogens is 1250 g/mol. The Labute approximate surface area is 533 Å². The molecule has 6 aromatic rings. The molecule has 0 saturated carbocycles. The van der Waals surface area contributed by atoms with Crippen molar-refractivity contribution in [2.45, 2.75) is 120 Å². The summed E-state index contributed by atoms with van der Waals surface area (Å²) in [5, 5.41) is 24.3. The van der Waals surface area contributed by atoms with Crippen LogP contribution >= 0.6 is 0 Å². The number of piperidine rings is 3. The van der Waals surface area contributed by atoms with Crippen molar-refractivity contribution in [3.05, 3.63) is 145 Å². The highest BCUT2D eigenvalue weighted by Gasteiger charge is 2.45. The van der Waals surface area contributed by atoms with Crippen LogP contribution in [0.4, 0.5) is 53.9 Å². The fourth-order valence-corrected chi connectivity index (χ4v) is 14.7. The molecule has 0 bridgehead atoms. The lowest BCUT2D eigenvalue weighted by Gasteiger charge is -2.34. The van der Waals surface area contributed by atoms with Gasteiger partial charge in [0.15, 0.2) is 17.1 Å². The van der Waals surface area contributed by atoms with Gasteiger partial charge in [0.1, 0.15) is 0 Å². The number of H-pyrrole nitrogens is 1. The van der Waals surface area contributed by atoms with E-state index < -0.39 is 88.4 Å². The zero-order valence-corrected chi connectivity index (χ0v) is 51.8. The minimum absolute atomic E-state index is 0.00129. The standard InChI is InChI=1S/C64H70F9N15O6/c1-74-59(92)84-23-7-11-48-44(33-84)53(78-77-48)56(89)81-24-17-37(18-25-81)41-14-13-39(32-47(41)63(68,69)70)87-49-22-31-85(60(93)75-2)34-45(49)55(79-87)58(91)83-28-19-38(20-29-83)42-9-6-12-50(52(42)64(71,72)73)88-51-35-86(61(94)76-3)30-21-43(51)54(80-88)57(90)82-26-15-36(16-27-82)40-8-4-5-10-46(40)62(65,66)67/h4-6,8-10,12-14,32,36-38H,7,11,15-31,33-35H2,1-3H3,(H,74,92)(H,75,93)(H,76,94)(H,77,78). The van der Waals surface area contributed by atoms with E-state index in [0.29, 0.717) is 41.8 Å². The molecule has 0 radical (unpaired) electrons. The molecule has 3 saturated heterocycles. The van der Waals surface area contributed by atoms with Gasteiger partial charge in [0, 0.05) is 109 Å². The van der Waals surface area contributed by atoms with E-state index in [1.807, 2.05) is 0 Å². The molecule has 6 aliphatic heterocycles. The molecule has 94 heavy (non-hydrogen) atoms. The van der Waals surface area contributed by atoms with Gasteiger partial charge in [-0.3, -0.25) is 19.5 Å². The number of nitrogens with zero attached hydrogens (tertiary/aromatic N) is 11. The molecule has 6 aliphatic rings. The minimum atomic E-state index is -5.02. The summed E-state index contributed by atoms with van der Waals surface area (Å²) in [6.07, 6.45) is -12.3. The number of likely N-dealkylation sites (tertiary alicyclic amines) is 3. The fourth-order valence-electron chi connectivity index (χ4n) is 14.7. The van der Waals surface area contributed by atoms with Crippen molar-refractivity contribution in [2.24, 2.45) is 0 Å². The second kappa shape index (κ2) is 25.6. The molecule has 12 rings (SSSR count). The zero-order valence-electron chi connectivity index (χ0n) is 51.8. The van der Waals surface area contributed by atoms with E-state index in [0.717, 1.165) is 22.5 Å². The third-order valence-electron chi connectivity index (χ3n) is 19.5. The van der Waals surface area contributed by atoms with E-state index in [1.54, 1.807) is 9.80 Å². The van der Waals surface area contributed by atoms with Gasteiger partial charge in [0.25, 0.3) is 17.7 Å². The molecule has 3 fully saturated rings. The predicted octanol–water partition coefficient (Wildman–Crippen LogP) is 9.38. The summed E-state index contributed by atoms with van der Waals surface area (Å²) in [5.74, 6) is -3.56. The maximum absolute atomic E-state index is 15.9. The van der Waals surface area contributed by atoms with Crippen molar-refractivity contribution in [1.82, 2.24) is 75.1 Å². The van der Waals surface area contributed by atoms with Crippen LogP contribution in [0.25, 0.3) is 11.4 Å². The van der Waals surface area contributed by atoms with E-state index in [-0.39, 0.29) is 175 Å². The number of aromatic nitrogens is 6. The Kier molecular flexibility index (Phi) is 17.7. The summed E-state index contributed by atoms with van der Waals surface area (Å²) in [5.41, 5.74) is -0.668. The van der Waals surface area contributed by atoms with Gasteiger partial charge >= 0.3 is 36.6 Å². The Bertz CT molecular complexity index is 3930. The lowest BCUT2D eigenvalue weighted by atomic mass is 9.85. The maximum Gasteiger partial charge on any atom is 0.418 e. The van der Waals surface area contributed by atoms with Crippen LogP contribution in [0.15, 0.2) is 60.7 Å². The fraction of sp³-hybridized carbons (Fsp3) is 0.484. The van der Waals surface area contributed by atoms with Crippen molar-refractivity contribution >= 4 is 35.8 Å². The smallest absolute Gasteiger partial charge is 0.341 e. The SMILES string of the molecule is CNC(=O)N1CCCc2[nH]nc(C(=O)N3CCC(c4ccc(-n5nc(C(=O)N6CCC(c7cccc(-n8nc(C(=O)N9CCC(c%10ccccc%10C(F)(F)F)CC9)c9c8CN(C(=O)NC)CC9)c7C(F)(F)F)CC6)c6c5CCN(C(=O)NC)C6)cc4C(F)(F)F)CC3)c2C1. The molecule has 30 heteroatoms. The van der Waals surface area contributed by atoms with Crippen LogP contribution in [0.5, 0.6) is 0 Å². The van der Waals surface area contributed by atoms with Crippen LogP contribution in [-0.2, 0) is 57.4 Å².